The highest BCUT2D eigenvalue weighted by Crippen LogP contribution is 2.27. The highest BCUT2D eigenvalue weighted by molar-refractivity contribution is 5.97. The predicted octanol–water partition coefficient (Wildman–Crippen LogP) is -0.552. The molecule has 7 nitrogen and oxygen atoms in total. The van der Waals surface area contributed by atoms with Crippen molar-refractivity contribution in [2.75, 3.05) is 31.1 Å². The van der Waals surface area contributed by atoms with Crippen LogP contribution < -0.4 is 10.6 Å². The molecule has 0 spiro atoms. The van der Waals surface area contributed by atoms with E-state index < -0.39 is 18.4 Å². The Morgan fingerprint density at radius 1 is 1.19 bits per heavy atom. The molecule has 0 saturated carbocycles. The minimum absolute atomic E-state index is 0.149. The lowest BCUT2D eigenvalue weighted by atomic mass is 10.2. The van der Waals surface area contributed by atoms with Gasteiger partial charge in [-0.25, -0.2) is 0 Å². The van der Waals surface area contributed by atoms with Gasteiger partial charge in [-0.15, -0.1) is 0 Å². The second-order valence-corrected chi connectivity index (χ2v) is 4.93. The number of aliphatic carboxylic acids is 1. The molecule has 0 radical (unpaired) electrons. The monoisotopic (exact) mass is 291 g/mol. The summed E-state index contributed by atoms with van der Waals surface area (Å²) in [5.41, 5.74) is 7.01. The molecule has 2 amide bonds. The molecule has 1 aromatic carbocycles. The van der Waals surface area contributed by atoms with Crippen LogP contribution in [0.2, 0.25) is 0 Å². The number of carboxylic acids is 1. The van der Waals surface area contributed by atoms with Gasteiger partial charge < -0.3 is 15.7 Å². The highest BCUT2D eigenvalue weighted by Gasteiger charge is 2.26. The van der Waals surface area contributed by atoms with Crippen molar-refractivity contribution < 1.29 is 19.5 Å². The Kier molecular flexibility index (Phi) is 4.54. The molecular weight excluding hydrogens is 274 g/mol. The molecule has 0 aliphatic carbocycles. The lowest BCUT2D eigenvalue weighted by Gasteiger charge is -2.23. The molecule has 2 rings (SSSR count). The molecular formula is C14H17N3O4. The number of nitrogens with two attached hydrogens (primary N) is 1. The van der Waals surface area contributed by atoms with E-state index in [0.29, 0.717) is 6.54 Å². The maximum atomic E-state index is 12.3. The number of primary amides is 1. The molecule has 0 saturated heterocycles. The Morgan fingerprint density at radius 2 is 1.90 bits per heavy atom. The summed E-state index contributed by atoms with van der Waals surface area (Å²) in [5, 5.41) is 8.81. The number of amides is 2. The average molecular weight is 291 g/mol. The van der Waals surface area contributed by atoms with Crippen molar-refractivity contribution in [2.24, 2.45) is 5.73 Å². The van der Waals surface area contributed by atoms with Gasteiger partial charge in [-0.05, 0) is 18.1 Å². The van der Waals surface area contributed by atoms with Crippen molar-refractivity contribution >= 4 is 23.5 Å². The van der Waals surface area contributed by atoms with Gasteiger partial charge in [0.25, 0.3) is 0 Å². The van der Waals surface area contributed by atoms with E-state index >= 15 is 0 Å². The summed E-state index contributed by atoms with van der Waals surface area (Å²) < 4.78 is 0. The standard InChI is InChI=1S/C14H17N3O4/c15-12(18)7-16(9-14(20)21)8-13(19)17-6-5-10-3-1-2-4-11(10)17/h1-4H,5-9H2,(H2,15,18)(H,20,21). The molecule has 0 aromatic heterocycles. The first-order valence-electron chi connectivity index (χ1n) is 6.58. The Hall–Kier alpha value is -2.41. The summed E-state index contributed by atoms with van der Waals surface area (Å²) in [6.07, 6.45) is 0.774. The second-order valence-electron chi connectivity index (χ2n) is 4.93. The molecule has 0 unspecified atom stereocenters. The first kappa shape index (κ1) is 15.0. The van der Waals surface area contributed by atoms with Gasteiger partial charge in [-0.2, -0.15) is 0 Å². The van der Waals surface area contributed by atoms with Gasteiger partial charge in [-0.1, -0.05) is 18.2 Å². The zero-order chi connectivity index (χ0) is 15.4. The number of fused-ring (bicyclic) bond motifs is 1. The first-order chi connectivity index (χ1) is 9.97. The number of hydrogen-bond donors (Lipinski definition) is 2. The molecule has 1 heterocycles. The summed E-state index contributed by atoms with van der Waals surface area (Å²) >= 11 is 0. The van der Waals surface area contributed by atoms with E-state index in [2.05, 4.69) is 0 Å². The Balaban J connectivity index is 2.06. The van der Waals surface area contributed by atoms with Crippen molar-refractivity contribution in [3.05, 3.63) is 29.8 Å². The lowest BCUT2D eigenvalue weighted by Crippen LogP contribution is -2.44. The first-order valence-corrected chi connectivity index (χ1v) is 6.58. The second kappa shape index (κ2) is 6.36. The number of anilines is 1. The van der Waals surface area contributed by atoms with E-state index in [4.69, 9.17) is 10.8 Å². The van der Waals surface area contributed by atoms with Crippen LogP contribution in [0, 0.1) is 0 Å². The Bertz CT molecular complexity index is 557. The summed E-state index contributed by atoms with van der Waals surface area (Å²) in [4.78, 5) is 36.9. The minimum Gasteiger partial charge on any atom is -0.480 e. The van der Waals surface area contributed by atoms with Crippen molar-refractivity contribution in [1.29, 1.82) is 0 Å². The van der Waals surface area contributed by atoms with Crippen molar-refractivity contribution in [1.82, 2.24) is 4.90 Å². The van der Waals surface area contributed by atoms with Crippen LogP contribution in [0.5, 0.6) is 0 Å². The van der Waals surface area contributed by atoms with E-state index in [9.17, 15) is 14.4 Å². The molecule has 112 valence electrons. The SMILES string of the molecule is NC(=O)CN(CC(=O)O)CC(=O)N1CCc2ccccc21. The quantitative estimate of drug-likeness (QED) is 0.731. The van der Waals surface area contributed by atoms with E-state index in [-0.39, 0.29) is 19.0 Å². The van der Waals surface area contributed by atoms with Gasteiger partial charge in [0.05, 0.1) is 19.6 Å². The normalized spacial score (nSPS) is 13.3. The lowest BCUT2D eigenvalue weighted by molar-refractivity contribution is -0.138. The highest BCUT2D eigenvalue weighted by atomic mass is 16.4. The molecule has 0 atom stereocenters. The van der Waals surface area contributed by atoms with Crippen LogP contribution in [0.25, 0.3) is 0 Å². The third-order valence-corrected chi connectivity index (χ3v) is 3.29. The van der Waals surface area contributed by atoms with Gasteiger partial charge in [0.2, 0.25) is 11.8 Å². The summed E-state index contributed by atoms with van der Waals surface area (Å²) in [6, 6.07) is 7.58. The fourth-order valence-electron chi connectivity index (χ4n) is 2.45. The van der Waals surface area contributed by atoms with Crippen LogP contribution in [-0.4, -0.2) is 54.0 Å². The summed E-state index contributed by atoms with van der Waals surface area (Å²) in [7, 11) is 0. The molecule has 7 heteroatoms. The maximum absolute atomic E-state index is 12.3. The van der Waals surface area contributed by atoms with E-state index in [1.165, 1.54) is 4.90 Å². The van der Waals surface area contributed by atoms with E-state index in [1.54, 1.807) is 4.90 Å². The Labute approximate surface area is 121 Å². The number of benzene rings is 1. The fourth-order valence-corrected chi connectivity index (χ4v) is 2.45. The molecule has 0 bridgehead atoms. The number of para-hydroxylation sites is 1. The largest absolute Gasteiger partial charge is 0.480 e. The van der Waals surface area contributed by atoms with Crippen molar-refractivity contribution in [2.45, 2.75) is 6.42 Å². The summed E-state index contributed by atoms with van der Waals surface area (Å²) in [6.45, 7) is -0.239. The third-order valence-electron chi connectivity index (χ3n) is 3.29. The van der Waals surface area contributed by atoms with Crippen LogP contribution in [0.4, 0.5) is 5.69 Å². The van der Waals surface area contributed by atoms with Crippen LogP contribution in [0.15, 0.2) is 24.3 Å². The minimum atomic E-state index is -1.11. The van der Waals surface area contributed by atoms with Crippen LogP contribution in [-0.2, 0) is 20.8 Å². The number of hydrogen-bond acceptors (Lipinski definition) is 4. The van der Waals surface area contributed by atoms with Crippen LogP contribution in [0.1, 0.15) is 5.56 Å². The molecule has 1 aliphatic heterocycles. The van der Waals surface area contributed by atoms with Gasteiger partial charge in [0.15, 0.2) is 0 Å². The number of nitrogens with zero attached hydrogens (tertiary/aromatic N) is 2. The number of carbonyl (C=O) groups is 3. The average Bonchev–Trinajstić information content (AvgIpc) is 2.80. The summed E-state index contributed by atoms with van der Waals surface area (Å²) in [5.74, 6) is -2.00. The van der Waals surface area contributed by atoms with Gasteiger partial charge in [0, 0.05) is 12.2 Å². The molecule has 3 N–H and O–H groups in total. The van der Waals surface area contributed by atoms with Gasteiger partial charge in [0.1, 0.15) is 0 Å². The number of carboxylic acid groups (broad SMARTS) is 1. The smallest absolute Gasteiger partial charge is 0.317 e. The van der Waals surface area contributed by atoms with Crippen molar-refractivity contribution in [3.63, 3.8) is 0 Å². The predicted molar refractivity (Wildman–Crippen MR) is 75.8 cm³/mol. The zero-order valence-electron chi connectivity index (χ0n) is 11.5. The van der Waals surface area contributed by atoms with Crippen LogP contribution >= 0.6 is 0 Å². The third kappa shape index (κ3) is 3.79. The van der Waals surface area contributed by atoms with Crippen molar-refractivity contribution in [3.8, 4) is 0 Å². The van der Waals surface area contributed by atoms with E-state index in [1.807, 2.05) is 24.3 Å². The number of rotatable bonds is 6. The zero-order valence-corrected chi connectivity index (χ0v) is 11.5. The fraction of sp³-hybridized carbons (Fsp3) is 0.357. The molecule has 1 aliphatic rings. The Morgan fingerprint density at radius 3 is 2.57 bits per heavy atom. The molecule has 0 fully saturated rings. The molecule has 1 aromatic rings. The maximum Gasteiger partial charge on any atom is 0.317 e. The topological polar surface area (TPSA) is 104 Å². The van der Waals surface area contributed by atoms with Gasteiger partial charge in [-0.3, -0.25) is 19.3 Å². The van der Waals surface area contributed by atoms with Gasteiger partial charge >= 0.3 is 5.97 Å². The molecule has 21 heavy (non-hydrogen) atoms. The number of carbonyl (C=O) groups excluding carboxylic acids is 2. The van der Waals surface area contributed by atoms with Crippen LogP contribution in [0.3, 0.4) is 0 Å². The van der Waals surface area contributed by atoms with E-state index in [0.717, 1.165) is 17.7 Å².